The van der Waals surface area contributed by atoms with Crippen LogP contribution in [0.3, 0.4) is 0 Å². The van der Waals surface area contributed by atoms with Gasteiger partial charge in [-0.15, -0.1) is 11.8 Å². The fourth-order valence-corrected chi connectivity index (χ4v) is 3.34. The van der Waals surface area contributed by atoms with E-state index in [9.17, 15) is 4.79 Å². The standard InChI is InChI=1S/C14H19BrN2OS/c15-11-3-1-2-4-13(11)19-8-7-14(18)17-9-12(16)10-5-6-10/h1-4,10,12H,5-9,16H2,(H,17,18). The third kappa shape index (κ3) is 5.16. The Kier molecular flexibility index (Phi) is 5.73. The van der Waals surface area contributed by atoms with Gasteiger partial charge in [-0.1, -0.05) is 12.1 Å². The monoisotopic (exact) mass is 342 g/mol. The summed E-state index contributed by atoms with van der Waals surface area (Å²) in [5.41, 5.74) is 5.94. The van der Waals surface area contributed by atoms with Crippen LogP contribution in [-0.4, -0.2) is 24.2 Å². The lowest BCUT2D eigenvalue weighted by Gasteiger charge is -2.11. The molecule has 0 aromatic heterocycles. The number of rotatable bonds is 7. The van der Waals surface area contributed by atoms with Crippen molar-refractivity contribution in [2.75, 3.05) is 12.3 Å². The van der Waals surface area contributed by atoms with Gasteiger partial charge in [0, 0.05) is 34.1 Å². The molecule has 104 valence electrons. The molecule has 1 atom stereocenters. The van der Waals surface area contributed by atoms with Gasteiger partial charge in [-0.25, -0.2) is 0 Å². The van der Waals surface area contributed by atoms with Crippen LogP contribution in [0.2, 0.25) is 0 Å². The van der Waals surface area contributed by atoms with Crippen molar-refractivity contribution < 1.29 is 4.79 Å². The second-order valence-electron chi connectivity index (χ2n) is 4.83. The zero-order chi connectivity index (χ0) is 13.7. The number of halogens is 1. The highest BCUT2D eigenvalue weighted by Gasteiger charge is 2.28. The summed E-state index contributed by atoms with van der Waals surface area (Å²) in [7, 11) is 0. The summed E-state index contributed by atoms with van der Waals surface area (Å²) in [5.74, 6) is 1.51. The summed E-state index contributed by atoms with van der Waals surface area (Å²) < 4.78 is 1.08. The van der Waals surface area contributed by atoms with E-state index in [0.717, 1.165) is 10.2 Å². The Morgan fingerprint density at radius 1 is 1.47 bits per heavy atom. The van der Waals surface area contributed by atoms with Gasteiger partial charge in [0.1, 0.15) is 0 Å². The van der Waals surface area contributed by atoms with Gasteiger partial charge in [0.25, 0.3) is 0 Å². The Morgan fingerprint density at radius 3 is 2.89 bits per heavy atom. The molecule has 1 aliphatic rings. The maximum absolute atomic E-state index is 11.7. The molecule has 1 saturated carbocycles. The van der Waals surface area contributed by atoms with Crippen LogP contribution in [0.1, 0.15) is 19.3 Å². The molecule has 0 heterocycles. The SMILES string of the molecule is NC(CNC(=O)CCSc1ccccc1Br)C1CC1. The second kappa shape index (κ2) is 7.31. The van der Waals surface area contributed by atoms with Gasteiger partial charge in [0.05, 0.1) is 0 Å². The predicted molar refractivity (Wildman–Crippen MR) is 83.2 cm³/mol. The maximum Gasteiger partial charge on any atom is 0.220 e. The zero-order valence-electron chi connectivity index (χ0n) is 10.8. The molecular weight excluding hydrogens is 324 g/mol. The largest absolute Gasteiger partial charge is 0.355 e. The molecule has 19 heavy (non-hydrogen) atoms. The molecule has 3 nitrogen and oxygen atoms in total. The number of hydrogen-bond acceptors (Lipinski definition) is 3. The summed E-state index contributed by atoms with van der Waals surface area (Å²) in [5, 5.41) is 2.92. The van der Waals surface area contributed by atoms with Crippen molar-refractivity contribution in [3.8, 4) is 0 Å². The molecule has 1 unspecified atom stereocenters. The number of nitrogens with one attached hydrogen (secondary N) is 1. The molecular formula is C14H19BrN2OS. The number of benzene rings is 1. The molecule has 0 spiro atoms. The van der Waals surface area contributed by atoms with E-state index in [0.29, 0.717) is 18.9 Å². The van der Waals surface area contributed by atoms with E-state index in [-0.39, 0.29) is 11.9 Å². The molecule has 1 aromatic rings. The molecule has 0 bridgehead atoms. The molecule has 0 aliphatic heterocycles. The minimum Gasteiger partial charge on any atom is -0.355 e. The van der Waals surface area contributed by atoms with Crippen LogP contribution in [0.4, 0.5) is 0 Å². The minimum absolute atomic E-state index is 0.0932. The van der Waals surface area contributed by atoms with Gasteiger partial charge < -0.3 is 11.1 Å². The lowest BCUT2D eigenvalue weighted by atomic mass is 10.2. The molecule has 5 heteroatoms. The van der Waals surface area contributed by atoms with E-state index in [1.165, 1.54) is 17.7 Å². The molecule has 0 saturated heterocycles. The first-order chi connectivity index (χ1) is 9.16. The number of carbonyl (C=O) groups excluding carboxylic acids is 1. The van der Waals surface area contributed by atoms with Crippen molar-refractivity contribution in [2.45, 2.75) is 30.2 Å². The maximum atomic E-state index is 11.7. The van der Waals surface area contributed by atoms with Crippen LogP contribution < -0.4 is 11.1 Å². The first-order valence-corrected chi connectivity index (χ1v) is 8.34. The Labute approximate surface area is 126 Å². The number of carbonyl (C=O) groups is 1. The van der Waals surface area contributed by atoms with E-state index >= 15 is 0 Å². The lowest BCUT2D eigenvalue weighted by molar-refractivity contribution is -0.120. The summed E-state index contributed by atoms with van der Waals surface area (Å²) in [6, 6.07) is 8.19. The van der Waals surface area contributed by atoms with Crippen LogP contribution in [-0.2, 0) is 4.79 Å². The van der Waals surface area contributed by atoms with Crippen molar-refractivity contribution >= 4 is 33.6 Å². The Bertz CT molecular complexity index is 437. The van der Waals surface area contributed by atoms with E-state index in [4.69, 9.17) is 5.73 Å². The highest BCUT2D eigenvalue weighted by atomic mass is 79.9. The van der Waals surface area contributed by atoms with Gasteiger partial charge in [-0.3, -0.25) is 4.79 Å². The molecule has 0 radical (unpaired) electrons. The molecule has 1 amide bonds. The number of hydrogen-bond donors (Lipinski definition) is 2. The first-order valence-electron chi connectivity index (χ1n) is 6.56. The lowest BCUT2D eigenvalue weighted by Crippen LogP contribution is -2.38. The van der Waals surface area contributed by atoms with E-state index in [1.807, 2.05) is 18.2 Å². The summed E-state index contributed by atoms with van der Waals surface area (Å²) in [4.78, 5) is 12.8. The van der Waals surface area contributed by atoms with Crippen molar-refractivity contribution in [1.29, 1.82) is 0 Å². The Hall–Kier alpha value is -0.520. The normalized spacial score (nSPS) is 16.1. The fourth-order valence-electron chi connectivity index (χ4n) is 1.83. The fraction of sp³-hybridized carbons (Fsp3) is 0.500. The molecule has 1 aliphatic carbocycles. The van der Waals surface area contributed by atoms with Crippen molar-refractivity contribution in [1.82, 2.24) is 5.32 Å². The van der Waals surface area contributed by atoms with E-state index in [2.05, 4.69) is 27.3 Å². The molecule has 2 rings (SSSR count). The summed E-state index contributed by atoms with van der Waals surface area (Å²) in [6.45, 7) is 0.614. The highest BCUT2D eigenvalue weighted by molar-refractivity contribution is 9.10. The van der Waals surface area contributed by atoms with Gasteiger partial charge in [0.2, 0.25) is 5.91 Å². The van der Waals surface area contributed by atoms with Crippen LogP contribution in [0.5, 0.6) is 0 Å². The minimum atomic E-state index is 0.0932. The summed E-state index contributed by atoms with van der Waals surface area (Å²) in [6.07, 6.45) is 2.97. The van der Waals surface area contributed by atoms with Gasteiger partial charge >= 0.3 is 0 Å². The smallest absolute Gasteiger partial charge is 0.220 e. The van der Waals surface area contributed by atoms with E-state index < -0.39 is 0 Å². The van der Waals surface area contributed by atoms with Crippen molar-refractivity contribution in [3.05, 3.63) is 28.7 Å². The number of nitrogens with two attached hydrogens (primary N) is 1. The Morgan fingerprint density at radius 2 is 2.21 bits per heavy atom. The van der Waals surface area contributed by atoms with Crippen LogP contribution in [0.25, 0.3) is 0 Å². The summed E-state index contributed by atoms with van der Waals surface area (Å²) >= 11 is 5.19. The highest BCUT2D eigenvalue weighted by Crippen LogP contribution is 2.31. The van der Waals surface area contributed by atoms with Crippen LogP contribution in [0.15, 0.2) is 33.6 Å². The Balaban J connectivity index is 1.62. The zero-order valence-corrected chi connectivity index (χ0v) is 13.2. The molecule has 1 fully saturated rings. The first kappa shape index (κ1) is 14.9. The second-order valence-corrected chi connectivity index (χ2v) is 6.83. The third-order valence-electron chi connectivity index (χ3n) is 3.19. The van der Waals surface area contributed by atoms with Gasteiger partial charge in [0.15, 0.2) is 0 Å². The molecule has 3 N–H and O–H groups in total. The van der Waals surface area contributed by atoms with Crippen LogP contribution in [0, 0.1) is 5.92 Å². The van der Waals surface area contributed by atoms with Gasteiger partial charge in [-0.05, 0) is 46.8 Å². The van der Waals surface area contributed by atoms with Gasteiger partial charge in [-0.2, -0.15) is 0 Å². The van der Waals surface area contributed by atoms with Crippen molar-refractivity contribution in [3.63, 3.8) is 0 Å². The third-order valence-corrected chi connectivity index (χ3v) is 5.21. The number of thioether (sulfide) groups is 1. The number of amides is 1. The average Bonchev–Trinajstić information content (AvgIpc) is 3.22. The van der Waals surface area contributed by atoms with E-state index in [1.54, 1.807) is 11.8 Å². The quantitative estimate of drug-likeness (QED) is 0.749. The average molecular weight is 343 g/mol. The molecule has 1 aromatic carbocycles. The predicted octanol–water partition coefficient (Wildman–Crippen LogP) is 2.78. The van der Waals surface area contributed by atoms with Crippen molar-refractivity contribution in [2.24, 2.45) is 11.7 Å². The van der Waals surface area contributed by atoms with Crippen LogP contribution >= 0.6 is 27.7 Å². The topological polar surface area (TPSA) is 55.1 Å².